The average molecular weight is 663 g/mol. The molecule has 1 amide bonds. The summed E-state index contributed by atoms with van der Waals surface area (Å²) in [6.07, 6.45) is 2.54. The first-order chi connectivity index (χ1) is 21.6. The number of carbonyl (C=O) groups is 1. The Labute approximate surface area is 269 Å². The monoisotopic (exact) mass is 662 g/mol. The minimum atomic E-state index is -3.91. The van der Waals surface area contributed by atoms with Crippen molar-refractivity contribution >= 4 is 66.6 Å². The van der Waals surface area contributed by atoms with Crippen molar-refractivity contribution in [1.29, 1.82) is 0 Å². The number of fused-ring (bicyclic) bond motifs is 2. The Bertz CT molecular complexity index is 2140. The molecule has 45 heavy (non-hydrogen) atoms. The second-order valence-electron chi connectivity index (χ2n) is 10.7. The van der Waals surface area contributed by atoms with Crippen LogP contribution in [-0.2, 0) is 29.5 Å². The highest BCUT2D eigenvalue weighted by Crippen LogP contribution is 2.35. The van der Waals surface area contributed by atoms with Crippen LogP contribution in [-0.4, -0.2) is 41.9 Å². The molecule has 3 heterocycles. The number of carbonyl (C=O) groups excluding carboxylic acids is 1. The maximum Gasteiger partial charge on any atom is 0.323 e. The standard InChI is InChI=1S/C32H31ClN6O4S2/c1-20(15-23-19-38(32(34)40)25-10-4-3-9-24(23)25)35-17-21-7-5-8-22(16-21)18-39-26-11-6-12-27(43-2)30(26)31(36-39)37-45(41,42)29-14-13-28(33)44-29/h3-14,16,19-20,35H,15,17-18H2,1-2H3,(H2,34,40)(H,36,37)/t20-/m1/s1. The highest BCUT2D eigenvalue weighted by Gasteiger charge is 2.23. The van der Waals surface area contributed by atoms with E-state index in [1.807, 2.05) is 54.7 Å². The number of anilines is 1. The number of nitrogens with one attached hydrogen (secondary N) is 2. The number of halogens is 1. The second-order valence-corrected chi connectivity index (χ2v) is 14.3. The predicted octanol–water partition coefficient (Wildman–Crippen LogP) is 6.21. The summed E-state index contributed by atoms with van der Waals surface area (Å²) in [6, 6.07) is 24.0. The normalized spacial score (nSPS) is 12.5. The van der Waals surface area contributed by atoms with Crippen molar-refractivity contribution in [2.75, 3.05) is 11.8 Å². The number of rotatable bonds is 11. The van der Waals surface area contributed by atoms with E-state index in [1.165, 1.54) is 17.7 Å². The highest BCUT2D eigenvalue weighted by atomic mass is 35.5. The number of amides is 1. The summed E-state index contributed by atoms with van der Waals surface area (Å²) in [5.41, 5.74) is 10.2. The molecule has 4 N–H and O–H groups in total. The van der Waals surface area contributed by atoms with Crippen LogP contribution in [0.25, 0.3) is 21.8 Å². The topological polar surface area (TPSA) is 133 Å². The molecule has 10 nitrogen and oxygen atoms in total. The van der Waals surface area contributed by atoms with E-state index < -0.39 is 16.1 Å². The van der Waals surface area contributed by atoms with E-state index in [0.29, 0.717) is 28.6 Å². The first-order valence-corrected chi connectivity index (χ1v) is 16.8. The zero-order valence-electron chi connectivity index (χ0n) is 24.5. The van der Waals surface area contributed by atoms with E-state index in [2.05, 4.69) is 34.2 Å². The van der Waals surface area contributed by atoms with Crippen LogP contribution in [0.15, 0.2) is 89.3 Å². The molecule has 3 aromatic carbocycles. The van der Waals surface area contributed by atoms with Gasteiger partial charge in [-0.25, -0.2) is 13.2 Å². The molecular formula is C32H31ClN6O4S2. The first kappa shape index (κ1) is 30.7. The van der Waals surface area contributed by atoms with Crippen molar-refractivity contribution in [3.05, 3.63) is 106 Å². The van der Waals surface area contributed by atoms with E-state index in [0.717, 1.165) is 50.9 Å². The molecule has 0 aliphatic heterocycles. The van der Waals surface area contributed by atoms with Gasteiger partial charge in [0.1, 0.15) is 9.96 Å². The van der Waals surface area contributed by atoms with E-state index >= 15 is 0 Å². The number of nitrogens with two attached hydrogens (primary N) is 1. The lowest BCUT2D eigenvalue weighted by Crippen LogP contribution is -2.27. The molecule has 0 saturated heterocycles. The number of nitrogens with zero attached hydrogens (tertiary/aromatic N) is 3. The molecule has 0 spiro atoms. The van der Waals surface area contributed by atoms with Gasteiger partial charge in [-0.1, -0.05) is 60.1 Å². The fourth-order valence-corrected chi connectivity index (χ4v) is 7.97. The van der Waals surface area contributed by atoms with Crippen LogP contribution in [0, 0.1) is 0 Å². The third-order valence-electron chi connectivity index (χ3n) is 7.54. The van der Waals surface area contributed by atoms with Crippen molar-refractivity contribution in [3.63, 3.8) is 0 Å². The lowest BCUT2D eigenvalue weighted by Gasteiger charge is -2.14. The molecule has 6 aromatic rings. The summed E-state index contributed by atoms with van der Waals surface area (Å²) >= 11 is 6.97. The largest absolute Gasteiger partial charge is 0.496 e. The number of hydrogen-bond acceptors (Lipinski definition) is 7. The highest BCUT2D eigenvalue weighted by molar-refractivity contribution is 7.94. The molecule has 0 unspecified atom stereocenters. The fraction of sp³-hybridized carbons (Fsp3) is 0.188. The van der Waals surface area contributed by atoms with Gasteiger partial charge in [0, 0.05) is 24.2 Å². The molecule has 6 rings (SSSR count). The van der Waals surface area contributed by atoms with Gasteiger partial charge in [-0.15, -0.1) is 11.3 Å². The molecule has 0 bridgehead atoms. The van der Waals surface area contributed by atoms with Crippen LogP contribution in [0.2, 0.25) is 4.34 Å². The zero-order valence-corrected chi connectivity index (χ0v) is 26.9. The maximum atomic E-state index is 13.1. The Morgan fingerprint density at radius 1 is 1.04 bits per heavy atom. The number of primary amides is 1. The summed E-state index contributed by atoms with van der Waals surface area (Å²) in [5.74, 6) is 0.683. The van der Waals surface area contributed by atoms with Gasteiger partial charge in [0.05, 0.1) is 34.4 Å². The van der Waals surface area contributed by atoms with E-state index in [4.69, 9.17) is 22.1 Å². The summed E-state index contributed by atoms with van der Waals surface area (Å²) in [6.45, 7) is 3.15. The molecule has 13 heteroatoms. The van der Waals surface area contributed by atoms with Crippen LogP contribution in [0.4, 0.5) is 10.6 Å². The predicted molar refractivity (Wildman–Crippen MR) is 179 cm³/mol. The SMILES string of the molecule is COc1cccc2c1c(NS(=O)(=O)c1ccc(Cl)s1)nn2Cc1cccc(CN[C@H](C)Cc2cn(C(N)=O)c3ccccc23)c1. The number of thiophene rings is 1. The van der Waals surface area contributed by atoms with Crippen LogP contribution < -0.4 is 20.5 Å². The molecule has 0 radical (unpaired) electrons. The first-order valence-electron chi connectivity index (χ1n) is 14.1. The molecule has 0 aliphatic carbocycles. The summed E-state index contributed by atoms with van der Waals surface area (Å²) in [5, 5.41) is 9.83. The number of hydrogen-bond donors (Lipinski definition) is 3. The molecule has 0 fully saturated rings. The Hall–Kier alpha value is -4.36. The Balaban J connectivity index is 1.20. The number of para-hydroxylation sites is 1. The van der Waals surface area contributed by atoms with Gasteiger partial charge < -0.3 is 15.8 Å². The molecule has 0 saturated carbocycles. The summed E-state index contributed by atoms with van der Waals surface area (Å²) < 4.78 is 38.2. The van der Waals surface area contributed by atoms with Gasteiger partial charge in [-0.3, -0.25) is 14.0 Å². The van der Waals surface area contributed by atoms with Crippen LogP contribution >= 0.6 is 22.9 Å². The maximum absolute atomic E-state index is 13.1. The minimum absolute atomic E-state index is 0.0955. The van der Waals surface area contributed by atoms with Crippen molar-refractivity contribution in [2.45, 2.75) is 36.7 Å². The third kappa shape index (κ3) is 6.40. The van der Waals surface area contributed by atoms with E-state index in [-0.39, 0.29) is 16.1 Å². The van der Waals surface area contributed by atoms with Crippen LogP contribution in [0.3, 0.4) is 0 Å². The quantitative estimate of drug-likeness (QED) is 0.151. The third-order valence-corrected chi connectivity index (χ3v) is 10.6. The van der Waals surface area contributed by atoms with E-state index in [1.54, 1.807) is 16.8 Å². The van der Waals surface area contributed by atoms with Gasteiger partial charge in [0.2, 0.25) is 0 Å². The second kappa shape index (κ2) is 12.6. The van der Waals surface area contributed by atoms with Gasteiger partial charge in [-0.05, 0) is 60.4 Å². The van der Waals surface area contributed by atoms with Crippen molar-refractivity contribution in [1.82, 2.24) is 19.7 Å². The fourth-order valence-electron chi connectivity index (χ4n) is 5.48. The smallest absolute Gasteiger partial charge is 0.323 e. The number of benzene rings is 3. The minimum Gasteiger partial charge on any atom is -0.496 e. The lowest BCUT2D eigenvalue weighted by molar-refractivity contribution is 0.251. The van der Waals surface area contributed by atoms with Gasteiger partial charge in [0.15, 0.2) is 5.82 Å². The summed E-state index contributed by atoms with van der Waals surface area (Å²) in [4.78, 5) is 11.9. The average Bonchev–Trinajstić information content (AvgIpc) is 3.72. The Morgan fingerprint density at radius 2 is 1.80 bits per heavy atom. The molecular weight excluding hydrogens is 632 g/mol. The Morgan fingerprint density at radius 3 is 2.56 bits per heavy atom. The summed E-state index contributed by atoms with van der Waals surface area (Å²) in [7, 11) is -2.37. The molecule has 3 aromatic heterocycles. The number of sulfonamides is 1. The molecule has 232 valence electrons. The molecule has 1 atom stereocenters. The number of ether oxygens (including phenoxy) is 1. The molecule has 0 aliphatic rings. The lowest BCUT2D eigenvalue weighted by atomic mass is 10.1. The van der Waals surface area contributed by atoms with E-state index in [9.17, 15) is 13.2 Å². The van der Waals surface area contributed by atoms with Gasteiger partial charge >= 0.3 is 6.03 Å². The van der Waals surface area contributed by atoms with Crippen molar-refractivity contribution in [3.8, 4) is 5.75 Å². The number of aromatic nitrogens is 3. The van der Waals surface area contributed by atoms with Gasteiger partial charge in [-0.2, -0.15) is 5.10 Å². The van der Waals surface area contributed by atoms with Crippen LogP contribution in [0.1, 0.15) is 23.6 Å². The number of methoxy groups -OCH3 is 1. The Kier molecular flexibility index (Phi) is 8.56. The van der Waals surface area contributed by atoms with Crippen molar-refractivity contribution < 1.29 is 17.9 Å². The van der Waals surface area contributed by atoms with Crippen molar-refractivity contribution in [2.24, 2.45) is 5.73 Å². The van der Waals surface area contributed by atoms with Gasteiger partial charge in [0.25, 0.3) is 10.0 Å². The van der Waals surface area contributed by atoms with Crippen LogP contribution in [0.5, 0.6) is 5.75 Å². The zero-order chi connectivity index (χ0) is 31.7.